The summed E-state index contributed by atoms with van der Waals surface area (Å²) in [6.07, 6.45) is 3.27. The van der Waals surface area contributed by atoms with Gasteiger partial charge in [0.25, 0.3) is 11.8 Å². The highest BCUT2D eigenvalue weighted by Gasteiger charge is 2.52. The Morgan fingerprint density at radius 3 is 2.33 bits per heavy atom. The second kappa shape index (κ2) is 11.6. The van der Waals surface area contributed by atoms with Crippen LogP contribution in [0.4, 0.5) is 0 Å². The Bertz CT molecular complexity index is 1050. The Hall–Kier alpha value is -2.53. The maximum absolute atomic E-state index is 13.3. The van der Waals surface area contributed by atoms with Gasteiger partial charge in [0.2, 0.25) is 0 Å². The van der Waals surface area contributed by atoms with Crippen LogP contribution >= 0.6 is 12.4 Å². The zero-order chi connectivity index (χ0) is 23.2. The van der Waals surface area contributed by atoms with E-state index in [9.17, 15) is 18.0 Å². The van der Waals surface area contributed by atoms with E-state index in [1.54, 1.807) is 24.3 Å². The predicted molar refractivity (Wildman–Crippen MR) is 124 cm³/mol. The van der Waals surface area contributed by atoms with Crippen LogP contribution in [0.25, 0.3) is 11.3 Å². The fourth-order valence-corrected chi connectivity index (χ4v) is 5.57. The van der Waals surface area contributed by atoms with Crippen LogP contribution in [-0.4, -0.2) is 54.9 Å². The minimum Gasteiger partial charge on any atom is -0.381 e. The number of rotatable bonds is 8. The summed E-state index contributed by atoms with van der Waals surface area (Å²) in [6.45, 7) is 2.86. The molecule has 2 heterocycles. The summed E-state index contributed by atoms with van der Waals surface area (Å²) in [5.74, 6) is -1.15. The van der Waals surface area contributed by atoms with Gasteiger partial charge in [-0.3, -0.25) is 19.8 Å². The molecule has 1 aromatic heterocycles. The van der Waals surface area contributed by atoms with Crippen LogP contribution in [0.5, 0.6) is 0 Å². The molecule has 0 aliphatic carbocycles. The minimum absolute atomic E-state index is 0. The summed E-state index contributed by atoms with van der Waals surface area (Å²) in [6, 6.07) is 9.38. The molecule has 1 aromatic carbocycles. The Morgan fingerprint density at radius 2 is 1.79 bits per heavy atom. The van der Waals surface area contributed by atoms with E-state index in [0.29, 0.717) is 23.4 Å². The van der Waals surface area contributed by atoms with Gasteiger partial charge in [-0.05, 0) is 43.5 Å². The molecule has 11 heteroatoms. The van der Waals surface area contributed by atoms with Gasteiger partial charge in [0.1, 0.15) is 0 Å². The number of sulfone groups is 1. The molecular formula is C22H28ClN3O6S. The number of nitrogens with one attached hydrogen (secondary N) is 2. The van der Waals surface area contributed by atoms with Crippen LogP contribution in [0.1, 0.15) is 43.0 Å². The first-order valence-electron chi connectivity index (χ1n) is 10.5. The largest absolute Gasteiger partial charge is 0.381 e. The number of hydrogen-bond acceptors (Lipinski definition) is 7. The molecule has 3 N–H and O–H groups in total. The molecular weight excluding hydrogens is 470 g/mol. The predicted octanol–water partition coefficient (Wildman–Crippen LogP) is 2.53. The van der Waals surface area contributed by atoms with Crippen LogP contribution in [0, 0.1) is 0 Å². The van der Waals surface area contributed by atoms with Gasteiger partial charge in [0, 0.05) is 31.5 Å². The number of hydrogen-bond donors (Lipinski definition) is 3. The lowest BCUT2D eigenvalue weighted by molar-refractivity contribution is -0.134. The molecule has 0 bridgehead atoms. The second-order valence-corrected chi connectivity index (χ2v) is 9.88. The number of aromatic nitrogens is 1. The molecule has 0 atom stereocenters. The van der Waals surface area contributed by atoms with Crippen LogP contribution < -0.4 is 10.8 Å². The Labute approximate surface area is 199 Å². The summed E-state index contributed by atoms with van der Waals surface area (Å²) in [4.78, 5) is 28.7. The van der Waals surface area contributed by atoms with Gasteiger partial charge >= 0.3 is 0 Å². The lowest BCUT2D eigenvalue weighted by Gasteiger charge is -2.34. The Balaban J connectivity index is 0.00000385. The van der Waals surface area contributed by atoms with Crippen molar-refractivity contribution in [1.82, 2.24) is 15.8 Å². The number of halogens is 1. The molecule has 2 amide bonds. The number of ether oxygens (including phenoxy) is 1. The molecule has 0 saturated carbocycles. The van der Waals surface area contributed by atoms with Crippen molar-refractivity contribution < 1.29 is 28.0 Å². The Morgan fingerprint density at radius 1 is 1.12 bits per heavy atom. The first-order chi connectivity index (χ1) is 15.4. The maximum atomic E-state index is 13.3. The van der Waals surface area contributed by atoms with Gasteiger partial charge < -0.3 is 10.1 Å². The molecule has 33 heavy (non-hydrogen) atoms. The molecule has 0 spiro atoms. The van der Waals surface area contributed by atoms with E-state index in [-0.39, 0.29) is 49.3 Å². The number of pyridine rings is 1. The van der Waals surface area contributed by atoms with Gasteiger partial charge in [0.05, 0.1) is 16.2 Å². The van der Waals surface area contributed by atoms with E-state index >= 15 is 0 Å². The highest BCUT2D eigenvalue weighted by molar-refractivity contribution is 7.93. The van der Waals surface area contributed by atoms with Crippen LogP contribution in [0.2, 0.25) is 0 Å². The average molecular weight is 498 g/mol. The first kappa shape index (κ1) is 26.7. The molecule has 1 fully saturated rings. The first-order valence-corrected chi connectivity index (χ1v) is 12.0. The third kappa shape index (κ3) is 5.52. The molecule has 1 aliphatic rings. The maximum Gasteiger partial charge on any atom is 0.265 e. The van der Waals surface area contributed by atoms with Crippen molar-refractivity contribution in [3.8, 4) is 11.3 Å². The molecule has 0 radical (unpaired) electrons. The van der Waals surface area contributed by atoms with Gasteiger partial charge in [-0.15, -0.1) is 12.4 Å². The lowest BCUT2D eigenvalue weighted by Crippen LogP contribution is -2.54. The third-order valence-corrected chi connectivity index (χ3v) is 8.15. The van der Waals surface area contributed by atoms with Crippen molar-refractivity contribution in [2.45, 2.75) is 42.2 Å². The highest BCUT2D eigenvalue weighted by atomic mass is 35.5. The van der Waals surface area contributed by atoms with Crippen LogP contribution in [0.15, 0.2) is 47.5 Å². The van der Waals surface area contributed by atoms with Crippen molar-refractivity contribution >= 4 is 34.1 Å². The van der Waals surface area contributed by atoms with E-state index in [0.717, 1.165) is 12.8 Å². The van der Waals surface area contributed by atoms with Crippen LogP contribution in [0.3, 0.4) is 0 Å². The van der Waals surface area contributed by atoms with E-state index in [1.807, 2.05) is 6.92 Å². The lowest BCUT2D eigenvalue weighted by atomic mass is 9.98. The number of nitrogens with zero attached hydrogens (tertiary/aromatic N) is 1. The summed E-state index contributed by atoms with van der Waals surface area (Å²) in [5, 5.41) is 12.0. The summed E-state index contributed by atoms with van der Waals surface area (Å²) in [7, 11) is -4.09. The van der Waals surface area contributed by atoms with Crippen LogP contribution in [-0.2, 0) is 19.4 Å². The monoisotopic (exact) mass is 497 g/mol. The summed E-state index contributed by atoms with van der Waals surface area (Å²) in [5.41, 5.74) is 3.19. The van der Waals surface area contributed by atoms with Crippen molar-refractivity contribution in [3.63, 3.8) is 0 Å². The molecule has 180 valence electrons. The zero-order valence-electron chi connectivity index (χ0n) is 18.2. The topological polar surface area (TPSA) is 135 Å². The number of hydroxylamine groups is 1. The normalized spacial score (nSPS) is 15.2. The van der Waals surface area contributed by atoms with E-state index in [1.165, 1.54) is 23.8 Å². The molecule has 1 saturated heterocycles. The minimum atomic E-state index is -4.09. The van der Waals surface area contributed by atoms with E-state index in [4.69, 9.17) is 9.94 Å². The average Bonchev–Trinajstić information content (AvgIpc) is 2.84. The molecule has 9 nitrogen and oxygen atoms in total. The van der Waals surface area contributed by atoms with E-state index < -0.39 is 20.5 Å². The molecule has 3 rings (SSSR count). The fourth-order valence-electron chi connectivity index (χ4n) is 3.63. The van der Waals surface area contributed by atoms with Gasteiger partial charge in [0.15, 0.2) is 14.6 Å². The number of carbonyl (C=O) groups excluding carboxylic acids is 2. The van der Waals surface area contributed by atoms with Crippen molar-refractivity contribution in [1.29, 1.82) is 0 Å². The van der Waals surface area contributed by atoms with Crippen molar-refractivity contribution in [2.24, 2.45) is 0 Å². The molecule has 0 unspecified atom stereocenters. The number of carbonyl (C=O) groups is 2. The fraction of sp³-hybridized carbons (Fsp3) is 0.409. The van der Waals surface area contributed by atoms with Gasteiger partial charge in [-0.25, -0.2) is 13.9 Å². The zero-order valence-corrected chi connectivity index (χ0v) is 19.9. The van der Waals surface area contributed by atoms with Gasteiger partial charge in [-0.1, -0.05) is 25.5 Å². The summed E-state index contributed by atoms with van der Waals surface area (Å²) < 4.78 is 30.0. The standard InChI is InChI=1S/C22H27N3O6S.ClH/c1-2-3-12-23-20(26)17-6-9-19(24-15-17)16-4-7-18(8-5-16)32(29,30)22(21(27)25-28)10-13-31-14-11-22;/h4-9,15,28H,2-3,10-14H2,1H3,(H,23,26)(H,25,27);1H. The third-order valence-electron chi connectivity index (χ3n) is 5.63. The van der Waals surface area contributed by atoms with E-state index in [2.05, 4.69) is 10.3 Å². The Kier molecular flexibility index (Phi) is 9.35. The smallest absolute Gasteiger partial charge is 0.265 e. The quantitative estimate of drug-likeness (QED) is 0.290. The molecule has 2 aromatic rings. The number of benzene rings is 1. The SMILES string of the molecule is CCCCNC(=O)c1ccc(-c2ccc(S(=O)(=O)C3(C(=O)NO)CCOCC3)cc2)nc1.Cl. The summed E-state index contributed by atoms with van der Waals surface area (Å²) >= 11 is 0. The molecule has 1 aliphatic heterocycles. The van der Waals surface area contributed by atoms with Crippen molar-refractivity contribution in [3.05, 3.63) is 48.2 Å². The number of unbranched alkanes of at least 4 members (excludes halogenated alkanes) is 1. The van der Waals surface area contributed by atoms with Crippen molar-refractivity contribution in [2.75, 3.05) is 19.8 Å². The van der Waals surface area contributed by atoms with Gasteiger partial charge in [-0.2, -0.15) is 0 Å². The second-order valence-electron chi connectivity index (χ2n) is 7.62. The number of amides is 2. The highest BCUT2D eigenvalue weighted by Crippen LogP contribution is 2.35.